The minimum Gasteiger partial charge on any atom is -0.489 e. The Bertz CT molecular complexity index is 754. The van der Waals surface area contributed by atoms with Gasteiger partial charge in [-0.25, -0.2) is 0 Å². The number of nitrogens with zero attached hydrogens (tertiary/aromatic N) is 2. The molecule has 2 aromatic carbocycles. The Morgan fingerprint density at radius 1 is 1.04 bits per heavy atom. The highest BCUT2D eigenvalue weighted by Crippen LogP contribution is 2.39. The number of piperidine rings is 1. The zero-order valence-corrected chi connectivity index (χ0v) is 15.3. The van der Waals surface area contributed by atoms with Crippen LogP contribution in [-0.2, 0) is 4.79 Å². The van der Waals surface area contributed by atoms with Gasteiger partial charge in [0.25, 0.3) is 0 Å². The molecule has 0 aliphatic carbocycles. The van der Waals surface area contributed by atoms with Crippen LogP contribution in [0.1, 0.15) is 31.4 Å². The van der Waals surface area contributed by atoms with E-state index in [-0.39, 0.29) is 11.9 Å². The summed E-state index contributed by atoms with van der Waals surface area (Å²) in [5.74, 6) is 1.71. The Kier molecular flexibility index (Phi) is 4.93. The van der Waals surface area contributed by atoms with Gasteiger partial charge in [-0.15, -0.1) is 0 Å². The molecule has 2 heterocycles. The van der Waals surface area contributed by atoms with E-state index in [0.29, 0.717) is 13.2 Å². The van der Waals surface area contributed by atoms with E-state index >= 15 is 0 Å². The predicted molar refractivity (Wildman–Crippen MR) is 103 cm³/mol. The highest BCUT2D eigenvalue weighted by Gasteiger charge is 2.34. The summed E-state index contributed by atoms with van der Waals surface area (Å²) in [6.45, 7) is 5.28. The van der Waals surface area contributed by atoms with Crippen molar-refractivity contribution < 1.29 is 9.53 Å². The van der Waals surface area contributed by atoms with Crippen molar-refractivity contribution in [2.45, 2.75) is 25.8 Å². The summed E-state index contributed by atoms with van der Waals surface area (Å²) in [4.78, 5) is 17.6. The molecular formula is C22H26N2O2. The van der Waals surface area contributed by atoms with Crippen molar-refractivity contribution in [1.82, 2.24) is 4.90 Å². The van der Waals surface area contributed by atoms with E-state index in [2.05, 4.69) is 24.0 Å². The lowest BCUT2D eigenvalue weighted by atomic mass is 9.99. The second kappa shape index (κ2) is 7.50. The minimum atomic E-state index is -0.0812. The first-order chi connectivity index (χ1) is 12.7. The van der Waals surface area contributed by atoms with E-state index in [1.54, 1.807) is 0 Å². The highest BCUT2D eigenvalue weighted by molar-refractivity contribution is 5.97. The third-order valence-electron chi connectivity index (χ3n) is 5.52. The average Bonchev–Trinajstić information content (AvgIpc) is 2.69. The number of carbonyl (C=O) groups is 1. The monoisotopic (exact) mass is 350 g/mol. The van der Waals surface area contributed by atoms with Gasteiger partial charge in [0, 0.05) is 0 Å². The van der Waals surface area contributed by atoms with Gasteiger partial charge >= 0.3 is 0 Å². The van der Waals surface area contributed by atoms with Crippen LogP contribution in [0.3, 0.4) is 0 Å². The molecule has 0 radical (unpaired) electrons. The third-order valence-corrected chi connectivity index (χ3v) is 5.52. The van der Waals surface area contributed by atoms with Crippen molar-refractivity contribution in [1.29, 1.82) is 0 Å². The average molecular weight is 350 g/mol. The van der Waals surface area contributed by atoms with Gasteiger partial charge in [-0.2, -0.15) is 0 Å². The molecule has 4 nitrogen and oxygen atoms in total. The van der Waals surface area contributed by atoms with Crippen LogP contribution >= 0.6 is 0 Å². The lowest BCUT2D eigenvalue weighted by molar-refractivity contribution is -0.121. The zero-order valence-electron chi connectivity index (χ0n) is 15.3. The summed E-state index contributed by atoms with van der Waals surface area (Å²) in [7, 11) is 0. The maximum atomic E-state index is 13.3. The summed E-state index contributed by atoms with van der Waals surface area (Å²) in [5, 5.41) is 0. The fourth-order valence-electron chi connectivity index (χ4n) is 3.91. The molecule has 0 aromatic heterocycles. The first-order valence-corrected chi connectivity index (χ1v) is 9.53. The Balaban J connectivity index is 1.61. The molecular weight excluding hydrogens is 324 g/mol. The van der Waals surface area contributed by atoms with E-state index in [0.717, 1.165) is 36.0 Å². The number of anilines is 1. The van der Waals surface area contributed by atoms with E-state index in [4.69, 9.17) is 4.74 Å². The van der Waals surface area contributed by atoms with Gasteiger partial charge in [0.1, 0.15) is 12.4 Å². The van der Waals surface area contributed by atoms with Crippen molar-refractivity contribution in [2.24, 2.45) is 5.92 Å². The second-order valence-corrected chi connectivity index (χ2v) is 7.43. The van der Waals surface area contributed by atoms with Crippen LogP contribution in [0.2, 0.25) is 0 Å². The first-order valence-electron chi connectivity index (χ1n) is 9.53. The number of para-hydroxylation sites is 2. The molecule has 26 heavy (non-hydrogen) atoms. The number of hydrogen-bond donors (Lipinski definition) is 0. The van der Waals surface area contributed by atoms with Gasteiger partial charge in [0.05, 0.1) is 18.3 Å². The fourth-order valence-corrected chi connectivity index (χ4v) is 3.91. The molecule has 0 N–H and O–H groups in total. The molecule has 1 saturated heterocycles. The van der Waals surface area contributed by atoms with Crippen LogP contribution in [0.5, 0.6) is 5.75 Å². The van der Waals surface area contributed by atoms with Crippen LogP contribution < -0.4 is 9.64 Å². The van der Waals surface area contributed by atoms with E-state index in [1.165, 1.54) is 12.8 Å². The first kappa shape index (κ1) is 17.1. The number of fused-ring (bicyclic) bond motifs is 1. The Hall–Kier alpha value is -2.33. The molecule has 0 bridgehead atoms. The van der Waals surface area contributed by atoms with E-state index in [9.17, 15) is 4.79 Å². The second-order valence-electron chi connectivity index (χ2n) is 7.43. The lowest BCUT2D eigenvalue weighted by Gasteiger charge is -2.39. The number of ether oxygens (including phenoxy) is 1. The number of carbonyl (C=O) groups excluding carboxylic acids is 1. The summed E-state index contributed by atoms with van der Waals surface area (Å²) in [6, 6.07) is 18.0. The van der Waals surface area contributed by atoms with Crippen molar-refractivity contribution >= 4 is 11.6 Å². The molecule has 136 valence electrons. The van der Waals surface area contributed by atoms with Crippen molar-refractivity contribution in [3.63, 3.8) is 0 Å². The molecule has 1 atom stereocenters. The molecule has 1 fully saturated rings. The van der Waals surface area contributed by atoms with Crippen LogP contribution in [-0.4, -0.2) is 37.0 Å². The largest absolute Gasteiger partial charge is 0.489 e. The van der Waals surface area contributed by atoms with Crippen molar-refractivity contribution in [3.05, 3.63) is 60.2 Å². The van der Waals surface area contributed by atoms with E-state index in [1.807, 2.05) is 47.4 Å². The smallest absolute Gasteiger partial charge is 0.241 e. The lowest BCUT2D eigenvalue weighted by Crippen LogP contribution is -2.47. The summed E-state index contributed by atoms with van der Waals surface area (Å²) < 4.78 is 5.97. The highest BCUT2D eigenvalue weighted by atomic mass is 16.5. The zero-order chi connectivity index (χ0) is 17.9. The Morgan fingerprint density at radius 2 is 1.73 bits per heavy atom. The molecule has 0 saturated carbocycles. The summed E-state index contributed by atoms with van der Waals surface area (Å²) >= 11 is 0. The molecule has 1 amide bonds. The number of amides is 1. The fraction of sp³-hybridized carbons (Fsp3) is 0.409. The maximum Gasteiger partial charge on any atom is 0.241 e. The molecule has 2 aromatic rings. The Morgan fingerprint density at radius 3 is 2.50 bits per heavy atom. The quantitative estimate of drug-likeness (QED) is 0.842. The van der Waals surface area contributed by atoms with Gasteiger partial charge in [0.15, 0.2) is 0 Å². The molecule has 0 spiro atoms. The minimum absolute atomic E-state index is 0.0812. The van der Waals surface area contributed by atoms with Gasteiger partial charge in [-0.1, -0.05) is 49.4 Å². The van der Waals surface area contributed by atoms with Gasteiger partial charge in [0.2, 0.25) is 5.91 Å². The number of benzene rings is 2. The van der Waals surface area contributed by atoms with Gasteiger partial charge in [-0.3, -0.25) is 14.6 Å². The molecule has 1 unspecified atom stereocenters. The molecule has 4 heteroatoms. The van der Waals surface area contributed by atoms with Crippen LogP contribution in [0, 0.1) is 5.92 Å². The van der Waals surface area contributed by atoms with Crippen LogP contribution in [0.25, 0.3) is 0 Å². The number of likely N-dealkylation sites (tertiary alicyclic amines) is 1. The normalized spacial score (nSPS) is 21.1. The van der Waals surface area contributed by atoms with Crippen molar-refractivity contribution in [3.8, 4) is 5.75 Å². The molecule has 2 aliphatic heterocycles. The van der Waals surface area contributed by atoms with Crippen LogP contribution in [0.4, 0.5) is 5.69 Å². The summed E-state index contributed by atoms with van der Waals surface area (Å²) in [6.07, 6.45) is 2.35. The molecule has 4 rings (SSSR count). The number of rotatable bonds is 3. The Labute approximate surface area is 155 Å². The predicted octanol–water partition coefficient (Wildman–Crippen LogP) is 3.89. The molecule has 2 aliphatic rings. The maximum absolute atomic E-state index is 13.3. The number of hydrogen-bond acceptors (Lipinski definition) is 3. The summed E-state index contributed by atoms with van der Waals surface area (Å²) in [5.41, 5.74) is 1.99. The van der Waals surface area contributed by atoms with E-state index < -0.39 is 0 Å². The van der Waals surface area contributed by atoms with Crippen LogP contribution in [0.15, 0.2) is 54.6 Å². The topological polar surface area (TPSA) is 32.8 Å². The van der Waals surface area contributed by atoms with Crippen molar-refractivity contribution in [2.75, 3.05) is 31.1 Å². The van der Waals surface area contributed by atoms with Gasteiger partial charge in [-0.05, 0) is 49.5 Å². The van der Waals surface area contributed by atoms with Gasteiger partial charge < -0.3 is 4.74 Å². The third kappa shape index (κ3) is 3.47. The SMILES string of the molecule is CC1CCN(CC(=O)N2c3ccccc3OCC2c2ccccc2)CC1. The standard InChI is InChI=1S/C22H26N2O2/c1-17-11-13-23(14-12-17)15-22(25)24-19-9-5-6-10-21(19)26-16-20(24)18-7-3-2-4-8-18/h2-10,17,20H,11-16H2,1H3.